The molecule has 2 nitrogen and oxygen atoms in total. The van der Waals surface area contributed by atoms with E-state index in [2.05, 4.69) is 259 Å². The minimum atomic E-state index is -0.499. The van der Waals surface area contributed by atoms with E-state index in [1.54, 1.807) is 0 Å². The lowest BCUT2D eigenvalue weighted by Gasteiger charge is -2.33. The van der Waals surface area contributed by atoms with Gasteiger partial charge in [0.05, 0.1) is 5.41 Å². The molecule has 0 bridgehead atoms. The van der Waals surface area contributed by atoms with E-state index in [0.29, 0.717) is 0 Å². The average Bonchev–Trinajstić information content (AvgIpc) is 3.66. The van der Waals surface area contributed by atoms with Crippen molar-refractivity contribution in [3.05, 3.63) is 277 Å². The van der Waals surface area contributed by atoms with E-state index in [0.717, 1.165) is 22.6 Å². The van der Waals surface area contributed by atoms with Crippen molar-refractivity contribution in [2.24, 2.45) is 0 Å². The van der Waals surface area contributed by atoms with Crippen molar-refractivity contribution in [2.75, 3.05) is 4.90 Å². The summed E-state index contributed by atoms with van der Waals surface area (Å²) in [5, 5.41) is 0. The predicted octanol–water partition coefficient (Wildman–Crippen LogP) is 15.6. The van der Waals surface area contributed by atoms with E-state index in [9.17, 15) is 0 Å². The molecule has 1 aliphatic rings. The van der Waals surface area contributed by atoms with Gasteiger partial charge in [0.15, 0.2) is 0 Å². The number of hydrogen-bond donors (Lipinski definition) is 0. The van der Waals surface area contributed by atoms with E-state index in [4.69, 9.17) is 0 Å². The van der Waals surface area contributed by atoms with Crippen molar-refractivity contribution in [1.29, 1.82) is 0 Å². The van der Waals surface area contributed by atoms with Crippen LogP contribution in [-0.4, -0.2) is 4.98 Å². The SMILES string of the molecule is c1ccc(-c2ccc(N(c3ccc(-c4ccccc4)cc3)c3ccc(-c4cccc(-c5ccc6c(c5)C(c5ccccc5)(c5ccccc5)c5cnccc5-6)c4)cc3)cc2)cc1. The Bertz CT molecular complexity index is 3000. The summed E-state index contributed by atoms with van der Waals surface area (Å²) in [5.41, 5.74) is 19.7. The van der Waals surface area contributed by atoms with E-state index >= 15 is 0 Å². The first-order valence-corrected chi connectivity index (χ1v) is 21.3. The molecule has 0 atom stereocenters. The highest BCUT2D eigenvalue weighted by Gasteiger charge is 2.46. The Morgan fingerprint density at radius 2 is 0.661 bits per heavy atom. The summed E-state index contributed by atoms with van der Waals surface area (Å²) >= 11 is 0. The van der Waals surface area contributed by atoms with Gasteiger partial charge in [0, 0.05) is 29.5 Å². The van der Waals surface area contributed by atoms with Gasteiger partial charge in [-0.25, -0.2) is 0 Å². The van der Waals surface area contributed by atoms with Gasteiger partial charge in [-0.2, -0.15) is 0 Å². The quantitative estimate of drug-likeness (QED) is 0.145. The Morgan fingerprint density at radius 1 is 0.290 bits per heavy atom. The molecule has 2 heteroatoms. The first-order chi connectivity index (χ1) is 30.7. The molecule has 0 spiro atoms. The lowest BCUT2D eigenvalue weighted by Crippen LogP contribution is -2.28. The van der Waals surface area contributed by atoms with Crippen LogP contribution in [0.1, 0.15) is 22.3 Å². The summed E-state index contributed by atoms with van der Waals surface area (Å²) in [6.07, 6.45) is 3.99. The van der Waals surface area contributed by atoms with Crippen molar-refractivity contribution in [3.8, 4) is 55.6 Å². The molecule has 9 aromatic carbocycles. The number of fused-ring (bicyclic) bond motifs is 3. The van der Waals surface area contributed by atoms with E-state index in [1.807, 2.05) is 6.20 Å². The van der Waals surface area contributed by atoms with Gasteiger partial charge in [-0.15, -0.1) is 0 Å². The molecule has 1 aromatic heterocycles. The van der Waals surface area contributed by atoms with Gasteiger partial charge in [-0.05, 0) is 132 Å². The summed E-state index contributed by atoms with van der Waals surface area (Å²) in [6.45, 7) is 0. The van der Waals surface area contributed by atoms with Crippen LogP contribution in [0.2, 0.25) is 0 Å². The monoisotopic (exact) mass is 790 g/mol. The molecule has 0 amide bonds. The number of pyridine rings is 1. The highest BCUT2D eigenvalue weighted by atomic mass is 15.1. The van der Waals surface area contributed by atoms with Gasteiger partial charge in [-0.3, -0.25) is 4.98 Å². The topological polar surface area (TPSA) is 16.1 Å². The fourth-order valence-corrected chi connectivity index (χ4v) is 9.50. The number of aromatic nitrogens is 1. The van der Waals surface area contributed by atoms with Crippen molar-refractivity contribution in [1.82, 2.24) is 4.98 Å². The number of rotatable bonds is 9. The molecular weight excluding hydrogens is 749 g/mol. The second kappa shape index (κ2) is 15.8. The molecule has 0 unspecified atom stereocenters. The molecule has 0 N–H and O–H groups in total. The van der Waals surface area contributed by atoms with Gasteiger partial charge >= 0.3 is 0 Å². The van der Waals surface area contributed by atoms with E-state index in [1.165, 1.54) is 72.3 Å². The van der Waals surface area contributed by atoms with Crippen LogP contribution >= 0.6 is 0 Å². The minimum Gasteiger partial charge on any atom is -0.311 e. The van der Waals surface area contributed by atoms with Gasteiger partial charge < -0.3 is 4.90 Å². The fraction of sp³-hybridized carbons (Fsp3) is 0.0167. The molecule has 62 heavy (non-hydrogen) atoms. The maximum Gasteiger partial charge on any atom is 0.0728 e. The van der Waals surface area contributed by atoms with Gasteiger partial charge in [-0.1, -0.05) is 188 Å². The van der Waals surface area contributed by atoms with Crippen LogP contribution in [0, 0.1) is 0 Å². The summed E-state index contributed by atoms with van der Waals surface area (Å²) < 4.78 is 0. The molecule has 0 saturated carbocycles. The zero-order valence-corrected chi connectivity index (χ0v) is 34.1. The first kappa shape index (κ1) is 37.0. The van der Waals surface area contributed by atoms with Crippen LogP contribution < -0.4 is 4.90 Å². The van der Waals surface area contributed by atoms with Crippen molar-refractivity contribution < 1.29 is 0 Å². The molecule has 0 fully saturated rings. The van der Waals surface area contributed by atoms with Crippen LogP contribution in [0.15, 0.2) is 255 Å². The highest BCUT2D eigenvalue weighted by molar-refractivity contribution is 5.89. The largest absolute Gasteiger partial charge is 0.311 e. The van der Waals surface area contributed by atoms with Crippen LogP contribution in [0.5, 0.6) is 0 Å². The third-order valence-electron chi connectivity index (χ3n) is 12.5. The molecule has 292 valence electrons. The van der Waals surface area contributed by atoms with Crippen LogP contribution in [0.25, 0.3) is 55.6 Å². The summed E-state index contributed by atoms with van der Waals surface area (Å²) in [6, 6.07) is 87.8. The third kappa shape index (κ3) is 6.50. The molecule has 11 rings (SSSR count). The van der Waals surface area contributed by atoms with Gasteiger partial charge in [0.2, 0.25) is 0 Å². The van der Waals surface area contributed by atoms with Crippen LogP contribution in [-0.2, 0) is 5.41 Å². The van der Waals surface area contributed by atoms with Crippen molar-refractivity contribution in [3.63, 3.8) is 0 Å². The van der Waals surface area contributed by atoms with Crippen molar-refractivity contribution in [2.45, 2.75) is 5.41 Å². The number of benzene rings is 9. The normalized spacial score (nSPS) is 12.3. The number of anilines is 3. The van der Waals surface area contributed by atoms with Gasteiger partial charge in [0.1, 0.15) is 0 Å². The zero-order chi connectivity index (χ0) is 41.3. The van der Waals surface area contributed by atoms with Gasteiger partial charge in [0.25, 0.3) is 0 Å². The fourth-order valence-electron chi connectivity index (χ4n) is 9.50. The smallest absolute Gasteiger partial charge is 0.0728 e. The lowest BCUT2D eigenvalue weighted by atomic mass is 9.68. The Balaban J connectivity index is 0.961. The zero-order valence-electron chi connectivity index (χ0n) is 34.1. The Kier molecular flexibility index (Phi) is 9.44. The number of hydrogen-bond acceptors (Lipinski definition) is 2. The maximum atomic E-state index is 4.69. The molecule has 0 saturated heterocycles. The second-order valence-corrected chi connectivity index (χ2v) is 16.0. The van der Waals surface area contributed by atoms with E-state index in [-0.39, 0.29) is 0 Å². The summed E-state index contributed by atoms with van der Waals surface area (Å²) in [4.78, 5) is 7.03. The Labute approximate surface area is 363 Å². The lowest BCUT2D eigenvalue weighted by molar-refractivity contribution is 0.764. The number of nitrogens with zero attached hydrogens (tertiary/aromatic N) is 2. The third-order valence-corrected chi connectivity index (χ3v) is 12.5. The summed E-state index contributed by atoms with van der Waals surface area (Å²) in [7, 11) is 0. The molecule has 1 heterocycles. The summed E-state index contributed by atoms with van der Waals surface area (Å²) in [5.74, 6) is 0. The average molecular weight is 791 g/mol. The molecular formula is C60H42N2. The van der Waals surface area contributed by atoms with Crippen LogP contribution in [0.3, 0.4) is 0 Å². The highest BCUT2D eigenvalue weighted by Crippen LogP contribution is 2.56. The maximum absolute atomic E-state index is 4.69. The predicted molar refractivity (Wildman–Crippen MR) is 258 cm³/mol. The first-order valence-electron chi connectivity index (χ1n) is 21.3. The Morgan fingerprint density at radius 3 is 1.16 bits per heavy atom. The van der Waals surface area contributed by atoms with Crippen LogP contribution in [0.4, 0.5) is 17.1 Å². The second-order valence-electron chi connectivity index (χ2n) is 16.0. The Hall–Kier alpha value is -8.07. The molecule has 1 aliphatic carbocycles. The minimum absolute atomic E-state index is 0.499. The molecule has 0 radical (unpaired) electrons. The van der Waals surface area contributed by atoms with Crippen molar-refractivity contribution >= 4 is 17.1 Å². The van der Waals surface area contributed by atoms with E-state index < -0.39 is 5.41 Å². The molecule has 0 aliphatic heterocycles. The molecule has 10 aromatic rings. The standard InChI is InChI=1S/C60H42N2/c1-5-14-43(15-6-1)45-24-31-53(32-25-45)62(54-33-26-46(27-34-54)44-16-7-2-8-17-44)55-35-28-47(29-36-55)48-18-13-19-49(40-48)50-30-37-56-57-38-39-61-42-59(57)60(58(56)41-50,51-20-9-3-10-21-51)52-22-11-4-12-23-52/h1-42H.